The first-order valence-corrected chi connectivity index (χ1v) is 7.67. The number of rotatable bonds is 4. The lowest BCUT2D eigenvalue weighted by Crippen LogP contribution is -2.44. The molecule has 1 aromatic heterocycles. The molecule has 1 N–H and O–H groups in total. The fraction of sp³-hybridized carbons (Fsp3) is 0.714. The van der Waals surface area contributed by atoms with Gasteiger partial charge in [-0.2, -0.15) is 5.10 Å². The topological polar surface area (TPSA) is 46.9 Å². The summed E-state index contributed by atoms with van der Waals surface area (Å²) in [5.74, 6) is -0.0241. The van der Waals surface area contributed by atoms with E-state index >= 15 is 0 Å². The van der Waals surface area contributed by atoms with Crippen LogP contribution in [0.1, 0.15) is 48.9 Å². The molecule has 5 heteroatoms. The van der Waals surface area contributed by atoms with Crippen molar-refractivity contribution in [3.63, 3.8) is 0 Å². The fourth-order valence-electron chi connectivity index (χ4n) is 2.16. The van der Waals surface area contributed by atoms with Gasteiger partial charge in [0.25, 0.3) is 5.91 Å². The molecule has 1 atom stereocenters. The predicted molar refractivity (Wildman–Crippen MR) is 81.8 cm³/mol. The Hall–Kier alpha value is -0.840. The summed E-state index contributed by atoms with van der Waals surface area (Å²) in [6, 6.07) is 0.137. The van der Waals surface area contributed by atoms with Crippen molar-refractivity contribution in [2.24, 2.45) is 12.5 Å². The molecule has 0 saturated heterocycles. The molecule has 0 aliphatic heterocycles. The Morgan fingerprint density at radius 1 is 1.42 bits per heavy atom. The first-order chi connectivity index (χ1) is 8.68. The van der Waals surface area contributed by atoms with Crippen LogP contribution >= 0.6 is 15.9 Å². The van der Waals surface area contributed by atoms with Crippen LogP contribution in [0, 0.1) is 19.3 Å². The Morgan fingerprint density at radius 3 is 2.37 bits per heavy atom. The molecule has 0 fully saturated rings. The quantitative estimate of drug-likeness (QED) is 0.863. The van der Waals surface area contributed by atoms with Crippen LogP contribution in [0.25, 0.3) is 0 Å². The molecule has 1 rings (SSSR count). The van der Waals surface area contributed by atoms with Crippen LogP contribution in [-0.2, 0) is 7.05 Å². The molecule has 19 heavy (non-hydrogen) atoms. The van der Waals surface area contributed by atoms with E-state index in [-0.39, 0.29) is 17.4 Å². The second-order valence-electron chi connectivity index (χ2n) is 6.04. The summed E-state index contributed by atoms with van der Waals surface area (Å²) in [6.45, 7) is 10.2. The number of carbonyl (C=O) groups excluding carboxylic acids is 1. The summed E-state index contributed by atoms with van der Waals surface area (Å²) in [5, 5.41) is 8.32. The molecule has 4 nitrogen and oxygen atoms in total. The number of aromatic nitrogens is 2. The van der Waals surface area contributed by atoms with Crippen molar-refractivity contribution in [1.29, 1.82) is 0 Å². The van der Waals surface area contributed by atoms with Crippen LogP contribution in [0.2, 0.25) is 0 Å². The average molecular weight is 330 g/mol. The highest BCUT2D eigenvalue weighted by molar-refractivity contribution is 9.09. The summed E-state index contributed by atoms with van der Waals surface area (Å²) in [6.07, 6.45) is 0.910. The number of nitrogens with zero attached hydrogens (tertiary/aromatic N) is 2. The van der Waals surface area contributed by atoms with Crippen LogP contribution in [0.4, 0.5) is 0 Å². The largest absolute Gasteiger partial charge is 0.349 e. The van der Waals surface area contributed by atoms with E-state index in [0.29, 0.717) is 5.56 Å². The predicted octanol–water partition coefficient (Wildman–Crippen LogP) is 2.97. The van der Waals surface area contributed by atoms with E-state index in [1.54, 1.807) is 4.68 Å². The maximum atomic E-state index is 12.5. The fourth-order valence-corrected chi connectivity index (χ4v) is 2.62. The van der Waals surface area contributed by atoms with Crippen LogP contribution in [0.3, 0.4) is 0 Å². The third-order valence-corrected chi connectivity index (χ3v) is 3.94. The zero-order valence-electron chi connectivity index (χ0n) is 12.7. The van der Waals surface area contributed by atoms with Gasteiger partial charge in [0.15, 0.2) is 0 Å². The number of halogens is 1. The molecule has 0 bridgehead atoms. The second-order valence-corrected chi connectivity index (χ2v) is 6.83. The average Bonchev–Trinajstić information content (AvgIpc) is 2.51. The smallest absolute Gasteiger partial charge is 0.255 e. The van der Waals surface area contributed by atoms with Crippen molar-refractivity contribution in [1.82, 2.24) is 15.1 Å². The van der Waals surface area contributed by atoms with Crippen molar-refractivity contribution < 1.29 is 4.79 Å². The van der Waals surface area contributed by atoms with E-state index in [4.69, 9.17) is 0 Å². The van der Waals surface area contributed by atoms with E-state index < -0.39 is 0 Å². The van der Waals surface area contributed by atoms with E-state index in [2.05, 4.69) is 47.1 Å². The number of alkyl halides is 1. The molecule has 108 valence electrons. The number of carbonyl (C=O) groups is 1. The van der Waals surface area contributed by atoms with E-state index in [1.165, 1.54) is 0 Å². The lowest BCUT2D eigenvalue weighted by molar-refractivity contribution is 0.0899. The maximum Gasteiger partial charge on any atom is 0.255 e. The van der Waals surface area contributed by atoms with Crippen LogP contribution < -0.4 is 5.32 Å². The summed E-state index contributed by atoms with van der Waals surface area (Å²) < 4.78 is 1.75. The van der Waals surface area contributed by atoms with Gasteiger partial charge in [0.05, 0.1) is 11.3 Å². The molecule has 1 heterocycles. The Kier molecular flexibility index (Phi) is 5.18. The van der Waals surface area contributed by atoms with E-state index in [9.17, 15) is 4.79 Å². The first kappa shape index (κ1) is 16.2. The molecule has 0 saturated carbocycles. The SMILES string of the molecule is Cc1nn(C)c(C)c1C(=O)NC(CCBr)C(C)(C)C. The summed E-state index contributed by atoms with van der Waals surface area (Å²) in [7, 11) is 1.86. The highest BCUT2D eigenvalue weighted by Gasteiger charge is 2.27. The Balaban J connectivity index is 2.94. The van der Waals surface area contributed by atoms with Crippen LogP contribution in [0.15, 0.2) is 0 Å². The molecule has 1 aromatic rings. The second kappa shape index (κ2) is 6.07. The van der Waals surface area contributed by atoms with Crippen molar-refractivity contribution in [2.45, 2.75) is 47.1 Å². The summed E-state index contributed by atoms with van der Waals surface area (Å²) in [4.78, 5) is 12.5. The molecule has 0 radical (unpaired) electrons. The lowest BCUT2D eigenvalue weighted by Gasteiger charge is -2.31. The molecular formula is C14H24BrN3O. The van der Waals surface area contributed by atoms with Crippen molar-refractivity contribution in [3.8, 4) is 0 Å². The zero-order valence-corrected chi connectivity index (χ0v) is 14.3. The number of nitrogens with one attached hydrogen (secondary N) is 1. The van der Waals surface area contributed by atoms with E-state index in [0.717, 1.165) is 23.1 Å². The number of amides is 1. The van der Waals surface area contributed by atoms with Crippen molar-refractivity contribution in [2.75, 3.05) is 5.33 Å². The van der Waals surface area contributed by atoms with Crippen molar-refractivity contribution >= 4 is 21.8 Å². The van der Waals surface area contributed by atoms with Gasteiger partial charge in [-0.3, -0.25) is 9.48 Å². The van der Waals surface area contributed by atoms with Gasteiger partial charge in [-0.05, 0) is 25.7 Å². The van der Waals surface area contributed by atoms with Crippen LogP contribution in [-0.4, -0.2) is 27.1 Å². The summed E-state index contributed by atoms with van der Waals surface area (Å²) >= 11 is 3.45. The highest BCUT2D eigenvalue weighted by Crippen LogP contribution is 2.23. The van der Waals surface area contributed by atoms with Gasteiger partial charge in [-0.1, -0.05) is 36.7 Å². The molecule has 1 unspecified atom stereocenters. The Bertz CT molecular complexity index is 460. The molecule has 0 aliphatic rings. The van der Waals surface area contributed by atoms with Gasteiger partial charge >= 0.3 is 0 Å². The third-order valence-electron chi connectivity index (χ3n) is 3.48. The third kappa shape index (κ3) is 3.81. The molecule has 1 amide bonds. The maximum absolute atomic E-state index is 12.5. The van der Waals surface area contributed by atoms with Crippen molar-refractivity contribution in [3.05, 3.63) is 17.0 Å². The Labute approximate surface area is 124 Å². The minimum absolute atomic E-state index is 0.0241. The number of hydrogen-bond donors (Lipinski definition) is 1. The van der Waals surface area contributed by atoms with Gasteiger partial charge in [0.2, 0.25) is 0 Å². The van der Waals surface area contributed by atoms with Gasteiger partial charge < -0.3 is 5.32 Å². The minimum atomic E-state index is -0.0241. The van der Waals surface area contributed by atoms with E-state index in [1.807, 2.05) is 20.9 Å². The highest BCUT2D eigenvalue weighted by atomic mass is 79.9. The minimum Gasteiger partial charge on any atom is -0.349 e. The molecular weight excluding hydrogens is 306 g/mol. The first-order valence-electron chi connectivity index (χ1n) is 6.55. The molecule has 0 aromatic carbocycles. The Morgan fingerprint density at radius 2 is 2.00 bits per heavy atom. The zero-order chi connectivity index (χ0) is 14.8. The van der Waals surface area contributed by atoms with Gasteiger partial charge in [0.1, 0.15) is 0 Å². The standard InChI is InChI=1S/C14H24BrN3O/c1-9-12(10(2)18(6)17-9)13(19)16-11(7-8-15)14(3,4)5/h11H,7-8H2,1-6H3,(H,16,19). The van der Waals surface area contributed by atoms with Crippen LogP contribution in [0.5, 0.6) is 0 Å². The number of hydrogen-bond acceptors (Lipinski definition) is 2. The normalized spacial score (nSPS) is 13.4. The number of aryl methyl sites for hydroxylation is 2. The summed E-state index contributed by atoms with van der Waals surface area (Å²) in [5.41, 5.74) is 2.42. The molecule has 0 spiro atoms. The lowest BCUT2D eigenvalue weighted by atomic mass is 9.85. The molecule has 0 aliphatic carbocycles. The van der Waals surface area contributed by atoms with Gasteiger partial charge in [-0.25, -0.2) is 0 Å². The van der Waals surface area contributed by atoms with Gasteiger partial charge in [-0.15, -0.1) is 0 Å². The monoisotopic (exact) mass is 329 g/mol. The van der Waals surface area contributed by atoms with Gasteiger partial charge in [0, 0.05) is 24.1 Å².